The molecule has 0 spiro atoms. The number of carbonyl (C=O) groups is 1. The Balaban J connectivity index is 1.39. The van der Waals surface area contributed by atoms with Crippen LogP contribution in [-0.4, -0.2) is 46.1 Å². The molecule has 2 aliphatic rings. The van der Waals surface area contributed by atoms with Gasteiger partial charge in [0.1, 0.15) is 11.3 Å². The molecule has 0 atom stereocenters. The van der Waals surface area contributed by atoms with Gasteiger partial charge in [-0.25, -0.2) is 4.98 Å². The topological polar surface area (TPSA) is 74.2 Å². The van der Waals surface area contributed by atoms with Gasteiger partial charge in [-0.15, -0.1) is 10.2 Å². The van der Waals surface area contributed by atoms with Crippen LogP contribution in [0.2, 0.25) is 0 Å². The van der Waals surface area contributed by atoms with Crippen molar-refractivity contribution in [2.45, 2.75) is 33.4 Å². The van der Waals surface area contributed by atoms with E-state index in [2.05, 4.69) is 32.3 Å². The van der Waals surface area contributed by atoms with Gasteiger partial charge in [0.15, 0.2) is 0 Å². The first kappa shape index (κ1) is 16.3. The van der Waals surface area contributed by atoms with Crippen molar-refractivity contribution in [2.75, 3.05) is 30.4 Å². The number of aryl methyl sites for hydroxylation is 1. The van der Waals surface area contributed by atoms with Gasteiger partial charge in [0.2, 0.25) is 11.0 Å². The van der Waals surface area contributed by atoms with Crippen molar-refractivity contribution in [1.82, 2.24) is 20.1 Å². The summed E-state index contributed by atoms with van der Waals surface area (Å²) in [7, 11) is 1.89. The molecule has 2 aromatic rings. The molecule has 0 aromatic carbocycles. The van der Waals surface area contributed by atoms with Crippen LogP contribution in [0, 0.1) is 19.8 Å². The summed E-state index contributed by atoms with van der Waals surface area (Å²) in [5.41, 5.74) is 6.41. The van der Waals surface area contributed by atoms with Gasteiger partial charge < -0.3 is 15.1 Å². The maximum atomic E-state index is 12.7. The third-order valence-electron chi connectivity index (χ3n) is 5.25. The number of pyridine rings is 1. The minimum atomic E-state index is 0.234. The third-order valence-corrected chi connectivity index (χ3v) is 6.00. The fraction of sp³-hybridized carbons (Fsp3) is 0.529. The molecule has 0 unspecified atom stereocenters. The van der Waals surface area contributed by atoms with Crippen molar-refractivity contribution < 1.29 is 4.79 Å². The highest BCUT2D eigenvalue weighted by atomic mass is 32.1. The number of nitrogens with one attached hydrogen (secondary N) is 1. The summed E-state index contributed by atoms with van der Waals surface area (Å²) in [4.78, 5) is 21.5. The molecular formula is C17H22N6OS. The summed E-state index contributed by atoms with van der Waals surface area (Å²) >= 11 is 1.55. The van der Waals surface area contributed by atoms with Crippen LogP contribution in [0.4, 0.5) is 10.9 Å². The molecule has 25 heavy (non-hydrogen) atoms. The molecule has 0 radical (unpaired) electrons. The largest absolute Gasteiger partial charge is 0.373 e. The van der Waals surface area contributed by atoms with Gasteiger partial charge >= 0.3 is 0 Å². The second-order valence-electron chi connectivity index (χ2n) is 6.82. The number of nitrogens with zero attached hydrogens (tertiary/aromatic N) is 5. The summed E-state index contributed by atoms with van der Waals surface area (Å²) in [6.45, 7) is 7.26. The van der Waals surface area contributed by atoms with E-state index in [0.717, 1.165) is 29.7 Å². The Hall–Kier alpha value is -2.22. The summed E-state index contributed by atoms with van der Waals surface area (Å²) in [5.74, 6) is 1.54. The Morgan fingerprint density at radius 1 is 1.32 bits per heavy atom. The lowest BCUT2D eigenvalue weighted by molar-refractivity contribution is -0.133. The molecule has 1 amide bonds. The van der Waals surface area contributed by atoms with Crippen molar-refractivity contribution in [1.29, 1.82) is 0 Å². The summed E-state index contributed by atoms with van der Waals surface area (Å²) in [5, 5.41) is 12.1. The van der Waals surface area contributed by atoms with Crippen LogP contribution in [0.15, 0.2) is 5.51 Å². The molecule has 132 valence electrons. The summed E-state index contributed by atoms with van der Waals surface area (Å²) in [6.07, 6.45) is 0.601. The van der Waals surface area contributed by atoms with E-state index < -0.39 is 0 Å². The molecule has 2 aromatic heterocycles. The molecule has 2 aliphatic heterocycles. The van der Waals surface area contributed by atoms with Crippen molar-refractivity contribution >= 4 is 28.2 Å². The highest BCUT2D eigenvalue weighted by Crippen LogP contribution is 2.33. The number of anilines is 2. The lowest BCUT2D eigenvalue weighted by atomic mass is 9.96. The maximum Gasteiger partial charge on any atom is 0.223 e. The molecule has 0 bridgehead atoms. The standard InChI is InChI=1S/C17H22N6OS/c1-10-11(2)20-16(18-3)14-8-22(7-13(10)14)15(24)4-12-5-23(6-12)17-21-19-9-25-17/h9,12H,4-8H2,1-3H3,(H,18,20). The number of carbonyl (C=O) groups excluding carboxylic acids is 1. The lowest BCUT2D eigenvalue weighted by Gasteiger charge is -2.39. The minimum Gasteiger partial charge on any atom is -0.373 e. The van der Waals surface area contributed by atoms with Gasteiger partial charge in [0.05, 0.1) is 0 Å². The van der Waals surface area contributed by atoms with Gasteiger partial charge in [-0.3, -0.25) is 4.79 Å². The van der Waals surface area contributed by atoms with Crippen molar-refractivity contribution in [3.8, 4) is 0 Å². The zero-order valence-electron chi connectivity index (χ0n) is 14.7. The molecule has 4 heterocycles. The molecule has 0 aliphatic carbocycles. The monoisotopic (exact) mass is 358 g/mol. The Bertz CT molecular complexity index is 800. The first-order valence-corrected chi connectivity index (χ1v) is 9.40. The summed E-state index contributed by atoms with van der Waals surface area (Å²) in [6, 6.07) is 0. The van der Waals surface area contributed by atoms with Crippen molar-refractivity contribution in [3.05, 3.63) is 27.9 Å². The van der Waals surface area contributed by atoms with E-state index in [9.17, 15) is 4.79 Å². The first-order chi connectivity index (χ1) is 12.1. The number of rotatable bonds is 4. The molecule has 1 saturated heterocycles. The van der Waals surface area contributed by atoms with E-state index in [1.165, 1.54) is 16.7 Å². The number of fused-ring (bicyclic) bond motifs is 1. The lowest BCUT2D eigenvalue weighted by Crippen LogP contribution is -2.48. The molecule has 1 fully saturated rings. The van der Waals surface area contributed by atoms with Gasteiger partial charge in [-0.1, -0.05) is 11.3 Å². The SMILES string of the molecule is CNc1nc(C)c(C)c2c1CN(C(=O)CC1CN(c3nncs3)C1)C2. The van der Waals surface area contributed by atoms with E-state index in [1.807, 2.05) is 18.9 Å². The first-order valence-electron chi connectivity index (χ1n) is 8.52. The van der Waals surface area contributed by atoms with Gasteiger partial charge in [0.25, 0.3) is 0 Å². The molecular weight excluding hydrogens is 336 g/mol. The zero-order chi connectivity index (χ0) is 17.6. The Morgan fingerprint density at radius 3 is 2.76 bits per heavy atom. The predicted molar refractivity (Wildman–Crippen MR) is 97.7 cm³/mol. The Kier molecular flexibility index (Phi) is 4.07. The molecule has 7 nitrogen and oxygen atoms in total. The molecule has 1 N–H and O–H groups in total. The molecule has 8 heteroatoms. The highest BCUT2D eigenvalue weighted by Gasteiger charge is 2.34. The van der Waals surface area contributed by atoms with E-state index in [-0.39, 0.29) is 5.91 Å². The van der Waals surface area contributed by atoms with Crippen LogP contribution in [0.3, 0.4) is 0 Å². The van der Waals surface area contributed by atoms with Gasteiger partial charge in [-0.2, -0.15) is 0 Å². The predicted octanol–water partition coefficient (Wildman–Crippen LogP) is 1.96. The van der Waals surface area contributed by atoms with Crippen molar-refractivity contribution in [2.24, 2.45) is 5.92 Å². The van der Waals surface area contributed by atoms with E-state index >= 15 is 0 Å². The van der Waals surface area contributed by atoms with E-state index in [0.29, 0.717) is 25.4 Å². The second kappa shape index (κ2) is 6.25. The summed E-state index contributed by atoms with van der Waals surface area (Å²) < 4.78 is 0. The van der Waals surface area contributed by atoms with Crippen LogP contribution in [-0.2, 0) is 17.9 Å². The fourth-order valence-corrected chi connectivity index (χ4v) is 4.23. The van der Waals surface area contributed by atoms with Gasteiger partial charge in [0, 0.05) is 56.8 Å². The average molecular weight is 358 g/mol. The van der Waals surface area contributed by atoms with Crippen LogP contribution in [0.25, 0.3) is 0 Å². The normalized spacial score (nSPS) is 16.8. The molecule has 0 saturated carbocycles. The van der Waals surface area contributed by atoms with E-state index in [1.54, 1.807) is 16.8 Å². The van der Waals surface area contributed by atoms with Crippen LogP contribution < -0.4 is 10.2 Å². The van der Waals surface area contributed by atoms with E-state index in [4.69, 9.17) is 0 Å². The number of amides is 1. The van der Waals surface area contributed by atoms with Crippen LogP contribution in [0.5, 0.6) is 0 Å². The number of hydrogen-bond acceptors (Lipinski definition) is 7. The van der Waals surface area contributed by atoms with Gasteiger partial charge in [-0.05, 0) is 25.0 Å². The van der Waals surface area contributed by atoms with Crippen molar-refractivity contribution in [3.63, 3.8) is 0 Å². The van der Waals surface area contributed by atoms with Crippen LogP contribution >= 0.6 is 11.3 Å². The minimum absolute atomic E-state index is 0.234. The highest BCUT2D eigenvalue weighted by molar-refractivity contribution is 7.13. The fourth-order valence-electron chi connectivity index (χ4n) is 3.65. The zero-order valence-corrected chi connectivity index (χ0v) is 15.6. The smallest absolute Gasteiger partial charge is 0.223 e. The second-order valence-corrected chi connectivity index (χ2v) is 7.64. The Labute approximate surface area is 151 Å². The Morgan fingerprint density at radius 2 is 2.08 bits per heavy atom. The quantitative estimate of drug-likeness (QED) is 0.901. The van der Waals surface area contributed by atoms with Crippen LogP contribution in [0.1, 0.15) is 28.8 Å². The number of hydrogen-bond donors (Lipinski definition) is 1. The maximum absolute atomic E-state index is 12.7. The average Bonchev–Trinajstić information content (AvgIpc) is 3.23. The number of aromatic nitrogens is 3. The third kappa shape index (κ3) is 2.84. The molecule has 4 rings (SSSR count).